The second kappa shape index (κ2) is 8.96. The van der Waals surface area contributed by atoms with E-state index in [2.05, 4.69) is 46.1 Å². The van der Waals surface area contributed by atoms with E-state index in [4.69, 9.17) is 0 Å². The number of nitrogens with one attached hydrogen (secondary N) is 3. The van der Waals surface area contributed by atoms with Crippen LogP contribution in [0.1, 0.15) is 37.7 Å². The van der Waals surface area contributed by atoms with Crippen LogP contribution in [0.3, 0.4) is 0 Å². The fraction of sp³-hybridized carbons (Fsp3) is 0.261. The van der Waals surface area contributed by atoms with Gasteiger partial charge in [0.25, 0.3) is 10.0 Å². The number of aryl methyl sites for hydroxylation is 2. The average molecular weight is 454 g/mol. The highest BCUT2D eigenvalue weighted by Gasteiger charge is 2.17. The Morgan fingerprint density at radius 2 is 1.28 bits per heavy atom. The van der Waals surface area contributed by atoms with E-state index < -0.39 is 16.1 Å². The van der Waals surface area contributed by atoms with Gasteiger partial charge in [0.05, 0.1) is 4.90 Å². The molecule has 9 heteroatoms. The maximum absolute atomic E-state index is 12.6. The third-order valence-corrected chi connectivity index (χ3v) is 5.98. The minimum absolute atomic E-state index is 0.0153. The van der Waals surface area contributed by atoms with Crippen LogP contribution in [0.25, 0.3) is 0 Å². The second-order valence-corrected chi connectivity index (χ2v) is 10.2. The number of urea groups is 1. The summed E-state index contributed by atoms with van der Waals surface area (Å²) in [6, 6.07) is 14.8. The Morgan fingerprint density at radius 1 is 0.812 bits per heavy atom. The number of hydrogen-bond donors (Lipinski definition) is 3. The summed E-state index contributed by atoms with van der Waals surface area (Å²) in [6.07, 6.45) is 0. The highest BCUT2D eigenvalue weighted by molar-refractivity contribution is 7.92. The Morgan fingerprint density at radius 3 is 1.75 bits per heavy atom. The number of aromatic nitrogens is 2. The number of hydrogen-bond acceptors (Lipinski definition) is 5. The molecule has 0 fully saturated rings. The Hall–Kier alpha value is -3.46. The van der Waals surface area contributed by atoms with E-state index in [9.17, 15) is 13.2 Å². The van der Waals surface area contributed by atoms with Crippen LogP contribution in [0.15, 0.2) is 59.5 Å². The van der Waals surface area contributed by atoms with Crippen molar-refractivity contribution < 1.29 is 13.2 Å². The van der Waals surface area contributed by atoms with Crippen molar-refractivity contribution in [1.29, 1.82) is 0 Å². The van der Waals surface area contributed by atoms with E-state index >= 15 is 0 Å². The standard InChI is InChI=1S/C23H27N5O3S/c1-15-14-16(2)25-21(24-15)28-32(30,31)20-12-10-19(11-13-20)27-22(29)26-18-8-6-17(7-9-18)23(3,4)5/h6-14H,1-5H3,(H,24,25,28)(H2,26,27,29). The third-order valence-electron chi connectivity index (χ3n) is 4.64. The van der Waals surface area contributed by atoms with E-state index in [0.29, 0.717) is 22.8 Å². The van der Waals surface area contributed by atoms with Gasteiger partial charge in [0, 0.05) is 22.8 Å². The third kappa shape index (κ3) is 6.04. The summed E-state index contributed by atoms with van der Waals surface area (Å²) < 4.78 is 27.6. The lowest BCUT2D eigenvalue weighted by Crippen LogP contribution is -2.20. The maximum atomic E-state index is 12.6. The van der Waals surface area contributed by atoms with Crippen LogP contribution in [0.2, 0.25) is 0 Å². The number of anilines is 3. The van der Waals surface area contributed by atoms with Crippen LogP contribution < -0.4 is 15.4 Å². The fourth-order valence-electron chi connectivity index (χ4n) is 3.02. The molecule has 0 aliphatic heterocycles. The lowest BCUT2D eigenvalue weighted by atomic mass is 9.87. The molecule has 8 nitrogen and oxygen atoms in total. The van der Waals surface area contributed by atoms with Crippen molar-refractivity contribution in [2.45, 2.75) is 44.9 Å². The van der Waals surface area contributed by atoms with Gasteiger partial charge in [-0.25, -0.2) is 27.9 Å². The number of rotatable bonds is 5. The van der Waals surface area contributed by atoms with Crippen molar-refractivity contribution in [3.63, 3.8) is 0 Å². The Bertz CT molecular complexity index is 1200. The molecule has 2 amide bonds. The molecule has 0 saturated carbocycles. The first-order chi connectivity index (χ1) is 14.9. The van der Waals surface area contributed by atoms with Crippen molar-refractivity contribution in [2.75, 3.05) is 15.4 Å². The highest BCUT2D eigenvalue weighted by atomic mass is 32.2. The van der Waals surface area contributed by atoms with Gasteiger partial charge in [-0.05, 0) is 67.3 Å². The molecule has 0 atom stereocenters. The lowest BCUT2D eigenvalue weighted by Gasteiger charge is -2.19. The van der Waals surface area contributed by atoms with Gasteiger partial charge < -0.3 is 10.6 Å². The summed E-state index contributed by atoms with van der Waals surface area (Å²) in [5.41, 5.74) is 3.63. The van der Waals surface area contributed by atoms with Crippen LogP contribution in [0, 0.1) is 13.8 Å². The summed E-state index contributed by atoms with van der Waals surface area (Å²) in [5.74, 6) is 0.0153. The predicted molar refractivity (Wildman–Crippen MR) is 127 cm³/mol. The Kier molecular flexibility index (Phi) is 6.50. The summed E-state index contributed by atoms with van der Waals surface area (Å²) in [4.78, 5) is 20.5. The lowest BCUT2D eigenvalue weighted by molar-refractivity contribution is 0.262. The summed E-state index contributed by atoms with van der Waals surface area (Å²) >= 11 is 0. The first-order valence-electron chi connectivity index (χ1n) is 10.1. The number of carbonyl (C=O) groups excluding carboxylic acids is 1. The number of nitrogens with zero attached hydrogens (tertiary/aromatic N) is 2. The van der Waals surface area contributed by atoms with Gasteiger partial charge in [0.15, 0.2) is 0 Å². The fourth-order valence-corrected chi connectivity index (χ4v) is 3.96. The smallest absolute Gasteiger partial charge is 0.308 e. The van der Waals surface area contributed by atoms with E-state index in [1.54, 1.807) is 19.9 Å². The molecule has 0 bridgehead atoms. The molecule has 0 spiro atoms. The number of carbonyl (C=O) groups is 1. The molecule has 0 unspecified atom stereocenters. The molecule has 1 aromatic heterocycles. The van der Waals surface area contributed by atoms with Gasteiger partial charge in [-0.3, -0.25) is 0 Å². The summed E-state index contributed by atoms with van der Waals surface area (Å²) in [6.45, 7) is 9.89. The van der Waals surface area contributed by atoms with Gasteiger partial charge in [-0.2, -0.15) is 0 Å². The molecule has 3 N–H and O–H groups in total. The van der Waals surface area contributed by atoms with E-state index in [-0.39, 0.29) is 16.3 Å². The molecular weight excluding hydrogens is 426 g/mol. The second-order valence-electron chi connectivity index (χ2n) is 8.51. The molecule has 0 radical (unpaired) electrons. The SMILES string of the molecule is Cc1cc(C)nc(NS(=O)(=O)c2ccc(NC(=O)Nc3ccc(C(C)(C)C)cc3)cc2)n1. The molecule has 2 aromatic carbocycles. The predicted octanol–water partition coefficient (Wildman–Crippen LogP) is 4.84. The molecule has 0 aliphatic rings. The molecule has 168 valence electrons. The van der Waals surface area contributed by atoms with Gasteiger partial charge >= 0.3 is 6.03 Å². The van der Waals surface area contributed by atoms with Crippen molar-refractivity contribution in [3.8, 4) is 0 Å². The zero-order valence-electron chi connectivity index (χ0n) is 18.7. The summed E-state index contributed by atoms with van der Waals surface area (Å²) in [7, 11) is -3.86. The normalized spacial score (nSPS) is 11.7. The Labute approximate surface area is 188 Å². The average Bonchev–Trinajstić information content (AvgIpc) is 2.67. The Balaban J connectivity index is 1.64. The molecule has 3 rings (SSSR count). The zero-order chi connectivity index (χ0) is 23.5. The monoisotopic (exact) mass is 453 g/mol. The quantitative estimate of drug-likeness (QED) is 0.512. The van der Waals surface area contributed by atoms with E-state index in [1.165, 1.54) is 29.8 Å². The van der Waals surface area contributed by atoms with Crippen LogP contribution in [0.5, 0.6) is 0 Å². The van der Waals surface area contributed by atoms with Gasteiger partial charge in [-0.1, -0.05) is 32.9 Å². The summed E-state index contributed by atoms with van der Waals surface area (Å²) in [5, 5.41) is 5.45. The van der Waals surface area contributed by atoms with Crippen molar-refractivity contribution in [1.82, 2.24) is 9.97 Å². The van der Waals surface area contributed by atoms with Crippen LogP contribution in [-0.2, 0) is 15.4 Å². The van der Waals surface area contributed by atoms with Crippen molar-refractivity contribution >= 4 is 33.4 Å². The highest BCUT2D eigenvalue weighted by Crippen LogP contribution is 2.23. The first kappa shape index (κ1) is 23.2. The molecule has 32 heavy (non-hydrogen) atoms. The molecule has 0 aliphatic carbocycles. The zero-order valence-corrected chi connectivity index (χ0v) is 19.5. The number of sulfonamides is 1. The number of benzene rings is 2. The van der Waals surface area contributed by atoms with E-state index in [0.717, 1.165) is 0 Å². The van der Waals surface area contributed by atoms with Gasteiger partial charge in [0.2, 0.25) is 5.95 Å². The first-order valence-corrected chi connectivity index (χ1v) is 11.5. The maximum Gasteiger partial charge on any atom is 0.323 e. The topological polar surface area (TPSA) is 113 Å². The molecule has 1 heterocycles. The van der Waals surface area contributed by atoms with E-state index in [1.807, 2.05) is 24.3 Å². The van der Waals surface area contributed by atoms with Gasteiger partial charge in [0.1, 0.15) is 0 Å². The minimum Gasteiger partial charge on any atom is -0.308 e. The molecule has 3 aromatic rings. The van der Waals surface area contributed by atoms with Crippen LogP contribution in [0.4, 0.5) is 22.1 Å². The van der Waals surface area contributed by atoms with Gasteiger partial charge in [-0.15, -0.1) is 0 Å². The van der Waals surface area contributed by atoms with Crippen molar-refractivity contribution in [2.24, 2.45) is 0 Å². The minimum atomic E-state index is -3.86. The molecular formula is C23H27N5O3S. The number of amides is 2. The van der Waals surface area contributed by atoms with Crippen LogP contribution >= 0.6 is 0 Å². The molecule has 0 saturated heterocycles. The van der Waals surface area contributed by atoms with Crippen molar-refractivity contribution in [3.05, 3.63) is 71.5 Å². The van der Waals surface area contributed by atoms with Crippen LogP contribution in [-0.4, -0.2) is 24.4 Å². The largest absolute Gasteiger partial charge is 0.323 e.